The molecule has 0 aromatic heterocycles. The number of carbonyl (C=O) groups excluding carboxylic acids is 3. The van der Waals surface area contributed by atoms with E-state index < -0.39 is 11.9 Å². The topological polar surface area (TPSA) is 60.4 Å². The SMILES string of the molecule is C=CCCCCC(=O)C[C@@H]1C(=O)C(OC(=O)c2ccccc2)=C(CCC=C)[C@H]1C(C)C. The molecule has 1 aromatic carbocycles. The summed E-state index contributed by atoms with van der Waals surface area (Å²) in [5, 5.41) is 0. The molecule has 1 aromatic rings. The highest BCUT2D eigenvalue weighted by molar-refractivity contribution is 6.04. The Morgan fingerprint density at radius 3 is 2.35 bits per heavy atom. The molecule has 4 nitrogen and oxygen atoms in total. The molecular formula is C27H34O4. The molecule has 0 fully saturated rings. The van der Waals surface area contributed by atoms with Crippen LogP contribution in [0.15, 0.2) is 67.0 Å². The largest absolute Gasteiger partial charge is 0.419 e. The van der Waals surface area contributed by atoms with Gasteiger partial charge in [0.1, 0.15) is 5.78 Å². The van der Waals surface area contributed by atoms with Crippen LogP contribution in [0.25, 0.3) is 0 Å². The lowest BCUT2D eigenvalue weighted by Gasteiger charge is -2.24. The van der Waals surface area contributed by atoms with Crippen molar-refractivity contribution in [3.05, 3.63) is 72.5 Å². The highest BCUT2D eigenvalue weighted by Gasteiger charge is 2.45. The zero-order chi connectivity index (χ0) is 22.8. The van der Waals surface area contributed by atoms with Crippen LogP contribution in [0, 0.1) is 17.8 Å². The molecule has 0 saturated heterocycles. The fourth-order valence-electron chi connectivity index (χ4n) is 4.31. The fourth-order valence-corrected chi connectivity index (χ4v) is 4.31. The van der Waals surface area contributed by atoms with Gasteiger partial charge in [0.2, 0.25) is 5.78 Å². The maximum Gasteiger partial charge on any atom is 0.343 e. The Bertz CT molecular complexity index is 832. The monoisotopic (exact) mass is 422 g/mol. The van der Waals surface area contributed by atoms with E-state index in [9.17, 15) is 14.4 Å². The lowest BCUT2D eigenvalue weighted by atomic mass is 9.78. The minimum absolute atomic E-state index is 0.0896. The molecule has 0 spiro atoms. The summed E-state index contributed by atoms with van der Waals surface area (Å²) in [5.74, 6) is -0.963. The molecule has 1 aliphatic carbocycles. The van der Waals surface area contributed by atoms with Crippen LogP contribution in [0.5, 0.6) is 0 Å². The van der Waals surface area contributed by atoms with Crippen molar-refractivity contribution >= 4 is 17.5 Å². The number of hydrogen-bond donors (Lipinski definition) is 0. The van der Waals surface area contributed by atoms with Crippen LogP contribution >= 0.6 is 0 Å². The van der Waals surface area contributed by atoms with Gasteiger partial charge in [-0.05, 0) is 61.6 Å². The highest BCUT2D eigenvalue weighted by atomic mass is 16.5. The molecule has 2 rings (SSSR count). The first kappa shape index (κ1) is 24.5. The predicted molar refractivity (Wildman–Crippen MR) is 123 cm³/mol. The van der Waals surface area contributed by atoms with Gasteiger partial charge >= 0.3 is 5.97 Å². The van der Waals surface area contributed by atoms with Crippen LogP contribution in [0.2, 0.25) is 0 Å². The van der Waals surface area contributed by atoms with Gasteiger partial charge in [-0.25, -0.2) is 4.79 Å². The molecule has 0 aliphatic heterocycles. The maximum atomic E-state index is 13.3. The van der Waals surface area contributed by atoms with Gasteiger partial charge in [-0.15, -0.1) is 13.2 Å². The smallest absolute Gasteiger partial charge is 0.343 e. The summed E-state index contributed by atoms with van der Waals surface area (Å²) in [6.07, 6.45) is 8.18. The highest BCUT2D eigenvalue weighted by Crippen LogP contribution is 2.44. The normalized spacial score (nSPS) is 18.4. The molecular weight excluding hydrogens is 388 g/mol. The summed E-state index contributed by atoms with van der Waals surface area (Å²) in [7, 11) is 0. The van der Waals surface area contributed by atoms with E-state index in [2.05, 4.69) is 27.0 Å². The molecule has 1 aliphatic rings. The third-order valence-electron chi connectivity index (χ3n) is 5.79. The lowest BCUT2D eigenvalue weighted by molar-refractivity contribution is -0.127. The fraction of sp³-hybridized carbons (Fsp3) is 0.444. The van der Waals surface area contributed by atoms with E-state index in [4.69, 9.17) is 4.74 Å². The summed E-state index contributed by atoms with van der Waals surface area (Å²) >= 11 is 0. The molecule has 0 unspecified atom stereocenters. The van der Waals surface area contributed by atoms with Crippen molar-refractivity contribution in [2.75, 3.05) is 0 Å². The maximum absolute atomic E-state index is 13.3. The van der Waals surface area contributed by atoms with E-state index in [1.165, 1.54) is 0 Å². The molecule has 0 radical (unpaired) electrons. The Labute approximate surface area is 186 Å². The van der Waals surface area contributed by atoms with Gasteiger partial charge in [0.15, 0.2) is 5.76 Å². The second-order valence-electron chi connectivity index (χ2n) is 8.46. The molecule has 4 heteroatoms. The van der Waals surface area contributed by atoms with Crippen LogP contribution in [-0.2, 0) is 14.3 Å². The van der Waals surface area contributed by atoms with Crippen LogP contribution < -0.4 is 0 Å². The number of unbranched alkanes of at least 4 members (excludes halogenated alkanes) is 2. The molecule has 31 heavy (non-hydrogen) atoms. The lowest BCUT2D eigenvalue weighted by Crippen LogP contribution is -2.25. The summed E-state index contributed by atoms with van der Waals surface area (Å²) in [6, 6.07) is 8.65. The standard InChI is InChI=1S/C27H34O4/c1-5-7-9-13-16-21(28)18-23-24(19(3)4)22(17-8-6-2)26(25(23)29)31-27(30)20-14-11-10-12-15-20/h5-6,10-12,14-15,19,23-24H,1-2,7-9,13,16-18H2,3-4H3/t23-,24+/m0/s1. The van der Waals surface area contributed by atoms with E-state index in [0.29, 0.717) is 24.8 Å². The van der Waals surface area contributed by atoms with Gasteiger partial charge in [-0.2, -0.15) is 0 Å². The molecule has 2 atom stereocenters. The number of rotatable bonds is 13. The summed E-state index contributed by atoms with van der Waals surface area (Å²) in [4.78, 5) is 38.6. The van der Waals surface area contributed by atoms with Gasteiger partial charge in [-0.1, -0.05) is 44.2 Å². The first-order valence-electron chi connectivity index (χ1n) is 11.2. The van der Waals surface area contributed by atoms with Gasteiger partial charge in [-0.3, -0.25) is 9.59 Å². The van der Waals surface area contributed by atoms with Crippen LogP contribution in [-0.4, -0.2) is 17.5 Å². The van der Waals surface area contributed by atoms with E-state index in [-0.39, 0.29) is 35.6 Å². The van der Waals surface area contributed by atoms with Crippen LogP contribution in [0.4, 0.5) is 0 Å². The van der Waals surface area contributed by atoms with E-state index in [1.807, 2.05) is 12.1 Å². The summed E-state index contributed by atoms with van der Waals surface area (Å²) in [6.45, 7) is 11.6. The minimum Gasteiger partial charge on any atom is -0.419 e. The van der Waals surface area contributed by atoms with Crippen molar-refractivity contribution in [1.29, 1.82) is 0 Å². The summed E-state index contributed by atoms with van der Waals surface area (Å²) < 4.78 is 5.66. The number of Topliss-reactive ketones (excluding diaryl/α,β-unsaturated/α-hetero) is 2. The molecule has 0 saturated carbocycles. The number of ketones is 2. The molecule has 166 valence electrons. The third kappa shape index (κ3) is 6.61. The van der Waals surface area contributed by atoms with Gasteiger partial charge in [0, 0.05) is 18.8 Å². The number of esters is 1. The van der Waals surface area contributed by atoms with Crippen LogP contribution in [0.1, 0.15) is 69.2 Å². The van der Waals surface area contributed by atoms with Gasteiger partial charge < -0.3 is 4.74 Å². The Morgan fingerprint density at radius 2 is 1.74 bits per heavy atom. The minimum atomic E-state index is -0.543. The van der Waals surface area contributed by atoms with Crippen molar-refractivity contribution < 1.29 is 19.1 Å². The molecule has 0 bridgehead atoms. The van der Waals surface area contributed by atoms with Crippen LogP contribution in [0.3, 0.4) is 0 Å². The third-order valence-corrected chi connectivity index (χ3v) is 5.79. The first-order valence-corrected chi connectivity index (χ1v) is 11.2. The second-order valence-corrected chi connectivity index (χ2v) is 8.46. The predicted octanol–water partition coefficient (Wildman–Crippen LogP) is 6.24. The van der Waals surface area contributed by atoms with Crippen molar-refractivity contribution in [3.63, 3.8) is 0 Å². The van der Waals surface area contributed by atoms with Gasteiger partial charge in [0.25, 0.3) is 0 Å². The second kappa shape index (κ2) is 12.2. The van der Waals surface area contributed by atoms with Crippen molar-refractivity contribution in [2.24, 2.45) is 17.8 Å². The quantitative estimate of drug-likeness (QED) is 0.214. The number of benzene rings is 1. The first-order chi connectivity index (χ1) is 14.9. The van der Waals surface area contributed by atoms with Gasteiger partial charge in [0.05, 0.1) is 5.56 Å². The zero-order valence-electron chi connectivity index (χ0n) is 18.8. The van der Waals surface area contributed by atoms with E-state index in [1.54, 1.807) is 30.3 Å². The average Bonchev–Trinajstić information content (AvgIpc) is 3.01. The Hall–Kier alpha value is -2.75. The summed E-state index contributed by atoms with van der Waals surface area (Å²) in [5.41, 5.74) is 1.24. The number of hydrogen-bond acceptors (Lipinski definition) is 4. The number of carbonyl (C=O) groups is 3. The number of ether oxygens (including phenoxy) is 1. The Balaban J connectivity index is 2.24. The Kier molecular flexibility index (Phi) is 9.64. The van der Waals surface area contributed by atoms with Crippen molar-refractivity contribution in [2.45, 2.75) is 58.8 Å². The molecule has 0 amide bonds. The number of allylic oxidation sites excluding steroid dienone is 4. The average molecular weight is 423 g/mol. The van der Waals surface area contributed by atoms with E-state index in [0.717, 1.165) is 24.8 Å². The zero-order valence-corrected chi connectivity index (χ0v) is 18.8. The molecule has 0 heterocycles. The molecule has 0 N–H and O–H groups in total. The van der Waals surface area contributed by atoms with Crippen molar-refractivity contribution in [1.82, 2.24) is 0 Å². The van der Waals surface area contributed by atoms with Crippen molar-refractivity contribution in [3.8, 4) is 0 Å². The Morgan fingerprint density at radius 1 is 1.06 bits per heavy atom. The van der Waals surface area contributed by atoms with E-state index >= 15 is 0 Å².